The summed E-state index contributed by atoms with van der Waals surface area (Å²) < 4.78 is 0. The third kappa shape index (κ3) is 5.89. The highest BCUT2D eigenvalue weighted by atomic mass is 16.4. The number of carboxylic acids is 1. The first-order valence-electron chi connectivity index (χ1n) is 12.4. The lowest BCUT2D eigenvalue weighted by Gasteiger charge is -2.32. The topological polar surface area (TPSA) is 93.5 Å². The van der Waals surface area contributed by atoms with Crippen LogP contribution in [0.1, 0.15) is 42.9 Å². The molecule has 0 atom stereocenters. The number of aliphatic carboxylic acids is 1. The zero-order chi connectivity index (χ0) is 25.5. The van der Waals surface area contributed by atoms with Crippen LogP contribution in [0.25, 0.3) is 6.08 Å². The summed E-state index contributed by atoms with van der Waals surface area (Å²) in [5.41, 5.74) is 5.03. The first-order chi connectivity index (χ1) is 17.5. The average Bonchev–Trinajstić information content (AvgIpc) is 2.90. The first kappa shape index (κ1) is 24.9. The Morgan fingerprint density at radius 3 is 2.50 bits per heavy atom. The fraction of sp³-hybridized carbons (Fsp3) is 0.233. The minimum atomic E-state index is -1.45. The lowest BCUT2D eigenvalue weighted by molar-refractivity contribution is -0.129. The van der Waals surface area contributed by atoms with E-state index in [1.165, 1.54) is 24.5 Å². The molecule has 0 aliphatic carbocycles. The summed E-state index contributed by atoms with van der Waals surface area (Å²) in [6.07, 6.45) is 6.83. The van der Waals surface area contributed by atoms with E-state index in [1.54, 1.807) is 24.3 Å². The summed E-state index contributed by atoms with van der Waals surface area (Å²) in [5.74, 6) is -2.08. The molecular formula is C30H31N3O3. The van der Waals surface area contributed by atoms with Crippen LogP contribution in [-0.2, 0) is 22.4 Å². The summed E-state index contributed by atoms with van der Waals surface area (Å²) in [6, 6.07) is 23.4. The number of carbonyl (C=O) groups excluding carboxylic acids is 1. The maximum atomic E-state index is 12.9. The van der Waals surface area contributed by atoms with Crippen molar-refractivity contribution in [1.82, 2.24) is 0 Å². The number of amides is 1. The maximum absolute atomic E-state index is 12.9. The third-order valence-electron chi connectivity index (χ3n) is 6.36. The zero-order valence-corrected chi connectivity index (χ0v) is 20.5. The molecule has 1 aliphatic rings. The molecule has 0 saturated carbocycles. The maximum Gasteiger partial charge on any atom is 0.354 e. The monoisotopic (exact) mass is 481 g/mol. The molecule has 6 heteroatoms. The van der Waals surface area contributed by atoms with Crippen molar-refractivity contribution in [3.8, 4) is 0 Å². The number of anilines is 3. The summed E-state index contributed by atoms with van der Waals surface area (Å²) in [6.45, 7) is 3.12. The molecule has 184 valence electrons. The molecule has 1 amide bonds. The van der Waals surface area contributed by atoms with E-state index in [0.29, 0.717) is 11.3 Å². The first-order valence-corrected chi connectivity index (χ1v) is 12.4. The Hall–Kier alpha value is -4.19. The van der Waals surface area contributed by atoms with E-state index >= 15 is 0 Å². The predicted octanol–water partition coefficient (Wildman–Crippen LogP) is 6.24. The SMILES string of the molecule is CCCCc1ccc(N2CCCc3cc(/C=C(/C(=N)C(=O)O)C(=O)Nc4ccccc4)ccc32)cc1. The van der Waals surface area contributed by atoms with E-state index < -0.39 is 17.6 Å². The van der Waals surface area contributed by atoms with Gasteiger partial charge >= 0.3 is 5.97 Å². The van der Waals surface area contributed by atoms with Crippen molar-refractivity contribution in [3.63, 3.8) is 0 Å². The van der Waals surface area contributed by atoms with Crippen molar-refractivity contribution >= 4 is 40.7 Å². The number of hydrogen-bond donors (Lipinski definition) is 3. The minimum absolute atomic E-state index is 0.193. The van der Waals surface area contributed by atoms with Gasteiger partial charge < -0.3 is 15.3 Å². The Morgan fingerprint density at radius 1 is 1.06 bits per heavy atom. The lowest BCUT2D eigenvalue weighted by Crippen LogP contribution is -2.25. The van der Waals surface area contributed by atoms with Gasteiger partial charge in [-0.15, -0.1) is 0 Å². The van der Waals surface area contributed by atoms with E-state index in [2.05, 4.69) is 41.4 Å². The van der Waals surface area contributed by atoms with Crippen LogP contribution in [0.2, 0.25) is 0 Å². The van der Waals surface area contributed by atoms with E-state index in [0.717, 1.165) is 42.7 Å². The van der Waals surface area contributed by atoms with Gasteiger partial charge in [0.1, 0.15) is 0 Å². The highest BCUT2D eigenvalue weighted by Crippen LogP contribution is 2.34. The van der Waals surface area contributed by atoms with Crippen LogP contribution in [0.5, 0.6) is 0 Å². The number of nitrogens with one attached hydrogen (secondary N) is 2. The zero-order valence-electron chi connectivity index (χ0n) is 20.5. The number of aryl methyl sites for hydroxylation is 2. The molecule has 3 N–H and O–H groups in total. The fourth-order valence-corrected chi connectivity index (χ4v) is 4.45. The molecule has 3 aromatic rings. The van der Waals surface area contributed by atoms with Crippen molar-refractivity contribution in [3.05, 3.63) is 95.1 Å². The van der Waals surface area contributed by atoms with Crippen LogP contribution in [0.3, 0.4) is 0 Å². The van der Waals surface area contributed by atoms with E-state index in [9.17, 15) is 14.7 Å². The molecular weight excluding hydrogens is 450 g/mol. The number of unbranched alkanes of at least 4 members (excludes halogenated alkanes) is 1. The number of rotatable bonds is 9. The van der Waals surface area contributed by atoms with Gasteiger partial charge in [0.15, 0.2) is 5.71 Å². The van der Waals surface area contributed by atoms with Gasteiger partial charge in [-0.2, -0.15) is 0 Å². The van der Waals surface area contributed by atoms with Gasteiger partial charge in [-0.25, -0.2) is 4.79 Å². The second-order valence-corrected chi connectivity index (χ2v) is 8.97. The number of nitrogens with zero attached hydrogens (tertiary/aromatic N) is 1. The largest absolute Gasteiger partial charge is 0.477 e. The van der Waals surface area contributed by atoms with Gasteiger partial charge in [0.05, 0.1) is 5.57 Å². The quantitative estimate of drug-likeness (QED) is 0.249. The Bertz CT molecular complexity index is 1280. The summed E-state index contributed by atoms with van der Waals surface area (Å²) in [5, 5.41) is 20.1. The van der Waals surface area contributed by atoms with Gasteiger partial charge in [-0.3, -0.25) is 10.2 Å². The second-order valence-electron chi connectivity index (χ2n) is 8.97. The number of benzene rings is 3. The smallest absolute Gasteiger partial charge is 0.354 e. The lowest BCUT2D eigenvalue weighted by atomic mass is 9.96. The predicted molar refractivity (Wildman–Crippen MR) is 145 cm³/mol. The molecule has 6 nitrogen and oxygen atoms in total. The summed E-state index contributed by atoms with van der Waals surface area (Å²) >= 11 is 0. The molecule has 0 fully saturated rings. The number of carboxylic acid groups (broad SMARTS) is 1. The summed E-state index contributed by atoms with van der Waals surface area (Å²) in [4.78, 5) is 26.7. The van der Waals surface area contributed by atoms with E-state index in [1.807, 2.05) is 24.3 Å². The molecule has 1 heterocycles. The molecule has 0 radical (unpaired) electrons. The fourth-order valence-electron chi connectivity index (χ4n) is 4.45. The van der Waals surface area contributed by atoms with Crippen LogP contribution < -0.4 is 10.2 Å². The van der Waals surface area contributed by atoms with Crippen LogP contribution >= 0.6 is 0 Å². The highest BCUT2D eigenvalue weighted by Gasteiger charge is 2.22. The van der Waals surface area contributed by atoms with Crippen molar-refractivity contribution in [2.75, 3.05) is 16.8 Å². The standard InChI is InChI=1S/C30H31N3O3/c1-2-3-8-21-12-15-25(16-13-21)33-18-7-9-23-19-22(14-17-27(23)33)20-26(28(31)30(35)36)29(34)32-24-10-5-4-6-11-24/h4-6,10-17,19-20,31H,2-3,7-9,18H2,1H3,(H,32,34)(H,35,36)/b26-20-,31-28?. The molecule has 0 aromatic heterocycles. The number of hydrogen-bond acceptors (Lipinski definition) is 4. The van der Waals surface area contributed by atoms with Crippen LogP contribution in [-0.4, -0.2) is 29.2 Å². The van der Waals surface area contributed by atoms with Crippen LogP contribution in [0.4, 0.5) is 17.1 Å². The molecule has 4 rings (SSSR count). The van der Waals surface area contributed by atoms with Gasteiger partial charge in [0.2, 0.25) is 0 Å². The number of carbonyl (C=O) groups is 2. The molecule has 0 bridgehead atoms. The molecule has 0 saturated heterocycles. The number of fused-ring (bicyclic) bond motifs is 1. The minimum Gasteiger partial charge on any atom is -0.477 e. The van der Waals surface area contributed by atoms with Crippen molar-refractivity contribution < 1.29 is 14.7 Å². The van der Waals surface area contributed by atoms with Crippen LogP contribution in [0.15, 0.2) is 78.4 Å². The Morgan fingerprint density at radius 2 is 1.81 bits per heavy atom. The third-order valence-corrected chi connectivity index (χ3v) is 6.36. The molecule has 36 heavy (non-hydrogen) atoms. The van der Waals surface area contributed by atoms with Gasteiger partial charge in [-0.1, -0.05) is 49.7 Å². The normalized spacial score (nSPS) is 13.1. The second kappa shape index (κ2) is 11.5. The van der Waals surface area contributed by atoms with Crippen molar-refractivity contribution in [1.29, 1.82) is 5.41 Å². The van der Waals surface area contributed by atoms with Gasteiger partial charge in [0, 0.05) is 23.6 Å². The summed E-state index contributed by atoms with van der Waals surface area (Å²) in [7, 11) is 0. The van der Waals surface area contributed by atoms with Gasteiger partial charge in [-0.05, 0) is 84.8 Å². The Kier molecular flexibility index (Phi) is 7.95. The highest BCUT2D eigenvalue weighted by molar-refractivity contribution is 6.50. The van der Waals surface area contributed by atoms with E-state index in [4.69, 9.17) is 5.41 Å². The molecule has 1 aliphatic heterocycles. The Balaban J connectivity index is 1.61. The molecule has 0 spiro atoms. The van der Waals surface area contributed by atoms with Crippen LogP contribution in [0, 0.1) is 5.41 Å². The molecule has 0 unspecified atom stereocenters. The molecule has 3 aromatic carbocycles. The Labute approximate surface area is 211 Å². The van der Waals surface area contributed by atoms with Crippen molar-refractivity contribution in [2.45, 2.75) is 39.0 Å². The van der Waals surface area contributed by atoms with Gasteiger partial charge in [0.25, 0.3) is 5.91 Å². The van der Waals surface area contributed by atoms with Crippen molar-refractivity contribution in [2.24, 2.45) is 0 Å². The number of para-hydroxylation sites is 1. The average molecular weight is 482 g/mol. The van der Waals surface area contributed by atoms with E-state index in [-0.39, 0.29) is 5.57 Å².